The summed E-state index contributed by atoms with van der Waals surface area (Å²) in [6, 6.07) is 0. The van der Waals surface area contributed by atoms with Crippen molar-refractivity contribution in [1.29, 1.82) is 0 Å². The lowest BCUT2D eigenvalue weighted by Crippen LogP contribution is -2.37. The molecule has 0 aliphatic carbocycles. The Morgan fingerprint density at radius 3 is 2.60 bits per heavy atom. The van der Waals surface area contributed by atoms with Crippen molar-refractivity contribution in [1.82, 2.24) is 5.32 Å². The fourth-order valence-electron chi connectivity index (χ4n) is 1.66. The van der Waals surface area contributed by atoms with Gasteiger partial charge in [-0.25, -0.2) is 0 Å². The van der Waals surface area contributed by atoms with Crippen molar-refractivity contribution in [2.45, 2.75) is 38.7 Å². The van der Waals surface area contributed by atoms with Crippen molar-refractivity contribution < 1.29 is 14.3 Å². The molecule has 0 saturated carbocycles. The van der Waals surface area contributed by atoms with Crippen LogP contribution in [0.5, 0.6) is 0 Å². The molecule has 0 aromatic rings. The minimum absolute atomic E-state index is 0.00261. The third kappa shape index (κ3) is 4.00. The Hall–Kier alpha value is -0.900. The van der Waals surface area contributed by atoms with Gasteiger partial charge in [-0.15, -0.1) is 0 Å². The summed E-state index contributed by atoms with van der Waals surface area (Å²) in [7, 11) is 0. The Balaban J connectivity index is 2.42. The highest BCUT2D eigenvalue weighted by Crippen LogP contribution is 2.20. The topological polar surface area (TPSA) is 55.4 Å². The highest BCUT2D eigenvalue weighted by molar-refractivity contribution is 5.73. The van der Waals surface area contributed by atoms with E-state index >= 15 is 0 Å². The second kappa shape index (κ2) is 5.26. The van der Waals surface area contributed by atoms with Crippen LogP contribution in [-0.4, -0.2) is 30.9 Å². The van der Waals surface area contributed by atoms with Crippen LogP contribution < -0.4 is 5.32 Å². The number of esters is 1. The molecule has 0 amide bonds. The largest absolute Gasteiger partial charge is 0.459 e. The molecule has 4 heteroatoms. The molecule has 15 heavy (non-hydrogen) atoms. The zero-order valence-corrected chi connectivity index (χ0v) is 9.41. The van der Waals surface area contributed by atoms with Gasteiger partial charge in [-0.1, -0.05) is 0 Å². The van der Waals surface area contributed by atoms with Crippen molar-refractivity contribution in [3.05, 3.63) is 0 Å². The Labute approximate surface area is 90.4 Å². The Kier molecular flexibility index (Phi) is 4.27. The molecule has 1 aliphatic heterocycles. The molecule has 0 radical (unpaired) electrons. The third-order valence-electron chi connectivity index (χ3n) is 2.62. The van der Waals surface area contributed by atoms with Gasteiger partial charge in [0.25, 0.3) is 0 Å². The average molecular weight is 213 g/mol. The van der Waals surface area contributed by atoms with Crippen molar-refractivity contribution >= 4 is 12.3 Å². The molecule has 1 aliphatic rings. The second-order valence-corrected chi connectivity index (χ2v) is 4.58. The molecule has 0 bridgehead atoms. The monoisotopic (exact) mass is 213 g/mol. The van der Waals surface area contributed by atoms with E-state index in [4.69, 9.17) is 4.74 Å². The molecule has 1 fully saturated rings. The number of carbonyl (C=O) groups excluding carboxylic acids is 2. The fourth-order valence-corrected chi connectivity index (χ4v) is 1.66. The number of ether oxygens (including phenoxy) is 1. The van der Waals surface area contributed by atoms with Crippen LogP contribution in [0, 0.1) is 5.92 Å². The molecule has 0 aromatic carbocycles. The molecule has 0 spiro atoms. The Morgan fingerprint density at radius 1 is 1.47 bits per heavy atom. The van der Waals surface area contributed by atoms with Crippen LogP contribution in [0.1, 0.15) is 33.1 Å². The Morgan fingerprint density at radius 2 is 2.07 bits per heavy atom. The number of carbonyl (C=O) groups is 2. The molecular formula is C11H19NO3. The lowest BCUT2D eigenvalue weighted by atomic mass is 9.97. The maximum atomic E-state index is 11.7. The van der Waals surface area contributed by atoms with Gasteiger partial charge in [0.1, 0.15) is 11.9 Å². The highest BCUT2D eigenvalue weighted by atomic mass is 16.6. The average Bonchev–Trinajstić information content (AvgIpc) is 2.18. The van der Waals surface area contributed by atoms with E-state index in [-0.39, 0.29) is 18.3 Å². The molecular weight excluding hydrogens is 194 g/mol. The summed E-state index contributed by atoms with van der Waals surface area (Å²) in [5.74, 6) is -0.166. The molecule has 4 nitrogen and oxygen atoms in total. The number of nitrogens with one attached hydrogen (secondary N) is 1. The summed E-state index contributed by atoms with van der Waals surface area (Å²) in [4.78, 5) is 22.1. The lowest BCUT2D eigenvalue weighted by Gasteiger charge is -2.27. The van der Waals surface area contributed by atoms with E-state index < -0.39 is 5.60 Å². The summed E-state index contributed by atoms with van der Waals surface area (Å²) in [6.07, 6.45) is 2.70. The van der Waals surface area contributed by atoms with E-state index in [1.54, 1.807) is 13.8 Å². The van der Waals surface area contributed by atoms with Crippen LogP contribution in [0.3, 0.4) is 0 Å². The SMILES string of the molecule is CC(C)(CC=O)OC(=O)C1CCNCC1. The molecule has 86 valence electrons. The first kappa shape index (κ1) is 12.2. The predicted molar refractivity (Wildman–Crippen MR) is 56.4 cm³/mol. The number of rotatable bonds is 4. The fraction of sp³-hybridized carbons (Fsp3) is 0.818. The van der Waals surface area contributed by atoms with Crippen molar-refractivity contribution in [2.75, 3.05) is 13.1 Å². The summed E-state index contributed by atoms with van der Waals surface area (Å²) < 4.78 is 5.32. The summed E-state index contributed by atoms with van der Waals surface area (Å²) >= 11 is 0. The van der Waals surface area contributed by atoms with Gasteiger partial charge in [0.05, 0.1) is 5.92 Å². The number of hydrogen-bond donors (Lipinski definition) is 1. The molecule has 0 atom stereocenters. The normalized spacial score (nSPS) is 18.5. The number of hydrogen-bond acceptors (Lipinski definition) is 4. The van der Waals surface area contributed by atoms with E-state index in [1.807, 2.05) is 0 Å². The number of aldehydes is 1. The van der Waals surface area contributed by atoms with Gasteiger partial charge in [0.2, 0.25) is 0 Å². The first-order valence-corrected chi connectivity index (χ1v) is 5.42. The van der Waals surface area contributed by atoms with Crippen LogP contribution in [0.4, 0.5) is 0 Å². The first-order chi connectivity index (χ1) is 7.05. The third-order valence-corrected chi connectivity index (χ3v) is 2.62. The van der Waals surface area contributed by atoms with Gasteiger partial charge < -0.3 is 14.8 Å². The van der Waals surface area contributed by atoms with Crippen LogP contribution >= 0.6 is 0 Å². The predicted octanol–water partition coefficient (Wildman–Crippen LogP) is 0.897. The quantitative estimate of drug-likeness (QED) is 0.557. The molecule has 0 unspecified atom stereocenters. The Bertz CT molecular complexity index is 232. The standard InChI is InChI=1S/C11H19NO3/c1-11(2,5-8-13)15-10(14)9-3-6-12-7-4-9/h8-9,12H,3-7H2,1-2H3. The smallest absolute Gasteiger partial charge is 0.309 e. The molecule has 1 N–H and O–H groups in total. The minimum atomic E-state index is -0.663. The maximum absolute atomic E-state index is 11.7. The zero-order valence-electron chi connectivity index (χ0n) is 9.41. The van der Waals surface area contributed by atoms with Crippen LogP contribution in [0.2, 0.25) is 0 Å². The van der Waals surface area contributed by atoms with Crippen molar-refractivity contribution in [3.63, 3.8) is 0 Å². The van der Waals surface area contributed by atoms with E-state index in [0.717, 1.165) is 32.2 Å². The summed E-state index contributed by atoms with van der Waals surface area (Å²) in [6.45, 7) is 5.27. The van der Waals surface area contributed by atoms with Gasteiger partial charge >= 0.3 is 5.97 Å². The lowest BCUT2D eigenvalue weighted by molar-refractivity contribution is -0.163. The van der Waals surface area contributed by atoms with E-state index in [9.17, 15) is 9.59 Å². The molecule has 1 saturated heterocycles. The minimum Gasteiger partial charge on any atom is -0.459 e. The van der Waals surface area contributed by atoms with E-state index in [1.165, 1.54) is 0 Å². The van der Waals surface area contributed by atoms with Gasteiger partial charge in [0, 0.05) is 6.42 Å². The van der Waals surface area contributed by atoms with Gasteiger partial charge in [-0.05, 0) is 39.8 Å². The highest BCUT2D eigenvalue weighted by Gasteiger charge is 2.28. The summed E-state index contributed by atoms with van der Waals surface area (Å²) in [5.41, 5.74) is -0.663. The molecule has 1 heterocycles. The van der Waals surface area contributed by atoms with E-state index in [0.29, 0.717) is 0 Å². The van der Waals surface area contributed by atoms with Gasteiger partial charge in [-0.3, -0.25) is 4.79 Å². The number of piperidine rings is 1. The van der Waals surface area contributed by atoms with Crippen molar-refractivity contribution in [2.24, 2.45) is 5.92 Å². The second-order valence-electron chi connectivity index (χ2n) is 4.58. The summed E-state index contributed by atoms with van der Waals surface area (Å²) in [5, 5.41) is 3.19. The first-order valence-electron chi connectivity index (χ1n) is 5.42. The van der Waals surface area contributed by atoms with Crippen molar-refractivity contribution in [3.8, 4) is 0 Å². The van der Waals surface area contributed by atoms with Gasteiger partial charge in [-0.2, -0.15) is 0 Å². The molecule has 1 rings (SSSR count). The van der Waals surface area contributed by atoms with Gasteiger partial charge in [0.15, 0.2) is 0 Å². The van der Waals surface area contributed by atoms with Crippen LogP contribution in [0.15, 0.2) is 0 Å². The van der Waals surface area contributed by atoms with E-state index in [2.05, 4.69) is 5.32 Å². The zero-order chi connectivity index (χ0) is 11.3. The molecule has 0 aromatic heterocycles. The maximum Gasteiger partial charge on any atom is 0.309 e. The van der Waals surface area contributed by atoms with Crippen LogP contribution in [0.25, 0.3) is 0 Å². The van der Waals surface area contributed by atoms with Crippen LogP contribution in [-0.2, 0) is 14.3 Å².